The number of carbonyl (C=O) groups is 2. The number of halogens is 1. The fraction of sp³-hybridized carbons (Fsp3) is 0.118. The fourth-order valence-corrected chi connectivity index (χ4v) is 4.03. The molecule has 6 nitrogen and oxygen atoms in total. The van der Waals surface area contributed by atoms with Gasteiger partial charge in [0.05, 0.1) is 18.4 Å². The van der Waals surface area contributed by atoms with E-state index < -0.39 is 11.9 Å². The van der Waals surface area contributed by atoms with E-state index in [0.717, 1.165) is 0 Å². The lowest BCUT2D eigenvalue weighted by atomic mass is 10.2. The summed E-state index contributed by atoms with van der Waals surface area (Å²) in [4.78, 5) is 28.9. The van der Waals surface area contributed by atoms with E-state index in [4.69, 9.17) is 20.8 Å². The molecule has 2 heterocycles. The van der Waals surface area contributed by atoms with E-state index in [2.05, 4.69) is 10.3 Å². The average Bonchev–Trinajstić information content (AvgIpc) is 3.30. The Labute approximate surface area is 162 Å². The molecule has 0 aliphatic rings. The van der Waals surface area contributed by atoms with Crippen molar-refractivity contribution in [1.29, 1.82) is 0 Å². The van der Waals surface area contributed by atoms with E-state index >= 15 is 0 Å². The van der Waals surface area contributed by atoms with Crippen molar-refractivity contribution in [2.45, 2.75) is 15.8 Å². The van der Waals surface area contributed by atoms with Gasteiger partial charge in [0.1, 0.15) is 10.9 Å². The first-order valence-corrected chi connectivity index (χ1v) is 9.53. The van der Waals surface area contributed by atoms with Gasteiger partial charge in [0.15, 0.2) is 10.9 Å². The maximum Gasteiger partial charge on any atom is 0.339 e. The van der Waals surface area contributed by atoms with Gasteiger partial charge in [-0.05, 0) is 24.3 Å². The Morgan fingerprint density at radius 2 is 2.12 bits per heavy atom. The predicted octanol–water partition coefficient (Wildman–Crippen LogP) is 4.01. The molecular formula is C17H13ClN2O4S2. The van der Waals surface area contributed by atoms with E-state index in [1.807, 2.05) is 6.07 Å². The Balaban J connectivity index is 1.56. The molecule has 26 heavy (non-hydrogen) atoms. The van der Waals surface area contributed by atoms with Crippen LogP contribution in [0.4, 0.5) is 0 Å². The summed E-state index contributed by atoms with van der Waals surface area (Å²) in [5.41, 5.74) is 0.364. The van der Waals surface area contributed by atoms with Crippen molar-refractivity contribution < 1.29 is 18.7 Å². The van der Waals surface area contributed by atoms with Gasteiger partial charge < -0.3 is 14.5 Å². The number of amides is 1. The number of thiazole rings is 1. The summed E-state index contributed by atoms with van der Waals surface area (Å²) in [6, 6.07) is 10.4. The largest absolute Gasteiger partial charge is 0.467 e. The molecule has 0 spiro atoms. The third-order valence-corrected chi connectivity index (χ3v) is 5.47. The van der Waals surface area contributed by atoms with E-state index in [1.54, 1.807) is 35.7 Å². The molecule has 0 aliphatic heterocycles. The lowest BCUT2D eigenvalue weighted by Crippen LogP contribution is -2.28. The minimum absolute atomic E-state index is 0.237. The van der Waals surface area contributed by atoms with Crippen LogP contribution in [0.5, 0.6) is 0 Å². The van der Waals surface area contributed by atoms with Gasteiger partial charge in [-0.15, -0.1) is 11.3 Å². The van der Waals surface area contributed by atoms with Crippen LogP contribution in [0.25, 0.3) is 0 Å². The molecule has 0 saturated heterocycles. The van der Waals surface area contributed by atoms with E-state index in [9.17, 15) is 9.59 Å². The number of benzene rings is 1. The van der Waals surface area contributed by atoms with Crippen LogP contribution in [0.15, 0.2) is 61.7 Å². The quantitative estimate of drug-likeness (QED) is 0.595. The molecule has 0 aliphatic carbocycles. The van der Waals surface area contributed by atoms with Gasteiger partial charge in [-0.25, -0.2) is 9.78 Å². The zero-order chi connectivity index (χ0) is 18.4. The molecule has 0 saturated carbocycles. The SMILES string of the molecule is O=C(COC(=O)c1ccccc1Sc1nc(Cl)cs1)NCc1ccco1. The maximum atomic E-state index is 12.3. The van der Waals surface area contributed by atoms with Gasteiger partial charge >= 0.3 is 5.97 Å². The number of hydrogen-bond donors (Lipinski definition) is 1. The number of nitrogens with zero attached hydrogens (tertiary/aromatic N) is 1. The molecule has 9 heteroatoms. The second kappa shape index (κ2) is 8.88. The van der Waals surface area contributed by atoms with Crippen LogP contribution in [-0.2, 0) is 16.1 Å². The number of aromatic nitrogens is 1. The zero-order valence-electron chi connectivity index (χ0n) is 13.3. The standard InChI is InChI=1S/C17H13ClN2O4S2/c18-14-10-25-17(20-14)26-13-6-2-1-5-12(13)16(22)24-9-15(21)19-8-11-4-3-7-23-11/h1-7,10H,8-9H2,(H,19,21). The maximum absolute atomic E-state index is 12.3. The molecule has 0 radical (unpaired) electrons. The summed E-state index contributed by atoms with van der Waals surface area (Å²) in [6.45, 7) is -0.137. The number of esters is 1. The van der Waals surface area contributed by atoms with Gasteiger partial charge in [-0.1, -0.05) is 35.5 Å². The number of carbonyl (C=O) groups excluding carboxylic acids is 2. The Morgan fingerprint density at radius 1 is 1.27 bits per heavy atom. The summed E-state index contributed by atoms with van der Waals surface area (Å²) in [5, 5.41) is 4.74. The molecule has 1 amide bonds. The molecule has 3 aromatic rings. The van der Waals surface area contributed by atoms with Gasteiger partial charge in [0, 0.05) is 10.3 Å². The number of furan rings is 1. The van der Waals surface area contributed by atoms with Gasteiger partial charge in [-0.2, -0.15) is 0 Å². The summed E-state index contributed by atoms with van der Waals surface area (Å²) < 4.78 is 10.9. The number of ether oxygens (including phenoxy) is 1. The second-order valence-electron chi connectivity index (χ2n) is 4.97. The highest BCUT2D eigenvalue weighted by atomic mass is 35.5. The normalized spacial score (nSPS) is 10.5. The molecule has 1 N–H and O–H groups in total. The average molecular weight is 409 g/mol. The van der Waals surface area contributed by atoms with Crippen molar-refractivity contribution in [2.75, 3.05) is 6.61 Å². The Morgan fingerprint density at radius 3 is 2.85 bits per heavy atom. The minimum Gasteiger partial charge on any atom is -0.467 e. The van der Waals surface area contributed by atoms with E-state index in [1.165, 1.54) is 29.4 Å². The smallest absolute Gasteiger partial charge is 0.339 e. The zero-order valence-corrected chi connectivity index (χ0v) is 15.7. The third kappa shape index (κ3) is 5.10. The van der Waals surface area contributed by atoms with Crippen LogP contribution >= 0.6 is 34.7 Å². The Kier molecular flexibility index (Phi) is 6.32. The first kappa shape index (κ1) is 18.5. The van der Waals surface area contributed by atoms with Crippen molar-refractivity contribution in [1.82, 2.24) is 10.3 Å². The number of nitrogens with one attached hydrogen (secondary N) is 1. The minimum atomic E-state index is -0.580. The van der Waals surface area contributed by atoms with Crippen molar-refractivity contribution in [3.63, 3.8) is 0 Å². The lowest BCUT2D eigenvalue weighted by Gasteiger charge is -2.08. The molecule has 2 aromatic heterocycles. The van der Waals surface area contributed by atoms with Crippen LogP contribution < -0.4 is 5.32 Å². The van der Waals surface area contributed by atoms with E-state index in [-0.39, 0.29) is 13.2 Å². The molecular weight excluding hydrogens is 396 g/mol. The van der Waals surface area contributed by atoms with Crippen LogP contribution in [0.3, 0.4) is 0 Å². The van der Waals surface area contributed by atoms with Crippen LogP contribution in [0, 0.1) is 0 Å². The van der Waals surface area contributed by atoms with Crippen molar-refractivity contribution >= 4 is 46.6 Å². The van der Waals surface area contributed by atoms with Crippen molar-refractivity contribution in [3.8, 4) is 0 Å². The molecule has 3 rings (SSSR count). The summed E-state index contributed by atoms with van der Waals surface area (Å²) >= 11 is 8.52. The molecule has 0 bridgehead atoms. The first-order valence-electron chi connectivity index (χ1n) is 7.46. The molecule has 0 unspecified atom stereocenters. The predicted molar refractivity (Wildman–Crippen MR) is 98.5 cm³/mol. The summed E-state index contributed by atoms with van der Waals surface area (Å²) in [7, 11) is 0. The number of hydrogen-bond acceptors (Lipinski definition) is 7. The molecule has 134 valence electrons. The Hall–Kier alpha value is -2.29. The van der Waals surface area contributed by atoms with Crippen LogP contribution in [0.1, 0.15) is 16.1 Å². The summed E-state index contributed by atoms with van der Waals surface area (Å²) in [5.74, 6) is -0.371. The Bertz CT molecular complexity index is 896. The van der Waals surface area contributed by atoms with Crippen molar-refractivity contribution in [2.24, 2.45) is 0 Å². The molecule has 0 fully saturated rings. The highest BCUT2D eigenvalue weighted by Crippen LogP contribution is 2.33. The monoisotopic (exact) mass is 408 g/mol. The first-order chi connectivity index (χ1) is 12.6. The fourth-order valence-electron chi connectivity index (χ4n) is 1.96. The number of rotatable bonds is 7. The van der Waals surface area contributed by atoms with Gasteiger partial charge in [-0.3, -0.25) is 4.79 Å². The van der Waals surface area contributed by atoms with E-state index in [0.29, 0.717) is 25.7 Å². The summed E-state index contributed by atoms with van der Waals surface area (Å²) in [6.07, 6.45) is 1.52. The second-order valence-corrected chi connectivity index (χ2v) is 7.50. The lowest BCUT2D eigenvalue weighted by molar-refractivity contribution is -0.124. The third-order valence-electron chi connectivity index (χ3n) is 3.13. The molecule has 0 atom stereocenters. The topological polar surface area (TPSA) is 81.4 Å². The van der Waals surface area contributed by atoms with Crippen LogP contribution in [0.2, 0.25) is 5.15 Å². The van der Waals surface area contributed by atoms with Crippen LogP contribution in [-0.4, -0.2) is 23.5 Å². The highest BCUT2D eigenvalue weighted by molar-refractivity contribution is 8.01. The molecule has 1 aromatic carbocycles. The van der Waals surface area contributed by atoms with Gasteiger partial charge in [0.2, 0.25) is 0 Å². The van der Waals surface area contributed by atoms with Crippen molar-refractivity contribution in [3.05, 3.63) is 64.5 Å². The van der Waals surface area contributed by atoms with Gasteiger partial charge in [0.25, 0.3) is 5.91 Å². The highest BCUT2D eigenvalue weighted by Gasteiger charge is 2.16.